The number of nitrogens with one attached hydrogen (secondary N) is 3. The van der Waals surface area contributed by atoms with Crippen molar-refractivity contribution in [2.45, 2.75) is 53.1 Å². The number of rotatable bonds is 11. The first-order valence-corrected chi connectivity index (χ1v) is 10.6. The van der Waals surface area contributed by atoms with Crippen LogP contribution in [0.3, 0.4) is 0 Å². The van der Waals surface area contributed by atoms with E-state index in [1.54, 1.807) is 7.05 Å². The van der Waals surface area contributed by atoms with Gasteiger partial charge in [0.25, 0.3) is 0 Å². The Morgan fingerprint density at radius 3 is 2.23 bits per heavy atom. The summed E-state index contributed by atoms with van der Waals surface area (Å²) in [6, 6.07) is 6.02. The van der Waals surface area contributed by atoms with Gasteiger partial charge in [-0.1, -0.05) is 6.07 Å². The van der Waals surface area contributed by atoms with E-state index in [1.807, 2.05) is 52.8 Å². The summed E-state index contributed by atoms with van der Waals surface area (Å²) in [5, 5.41) is 9.27. The Hall–Kier alpha value is -2.64. The van der Waals surface area contributed by atoms with Crippen molar-refractivity contribution in [3.8, 4) is 11.5 Å². The number of benzene rings is 1. The summed E-state index contributed by atoms with van der Waals surface area (Å²) in [4.78, 5) is 15.8. The molecule has 0 saturated carbocycles. The average Bonchev–Trinajstić information content (AvgIpc) is 2.67. The third kappa shape index (κ3) is 10.8. The van der Waals surface area contributed by atoms with Crippen molar-refractivity contribution in [1.29, 1.82) is 0 Å². The highest BCUT2D eigenvalue weighted by Crippen LogP contribution is 2.28. The van der Waals surface area contributed by atoms with Gasteiger partial charge in [-0.25, -0.2) is 4.79 Å². The predicted octanol–water partition coefficient (Wildman–Crippen LogP) is 3.11. The number of ether oxygens (including phenoxy) is 3. The van der Waals surface area contributed by atoms with Crippen LogP contribution in [0.5, 0.6) is 11.5 Å². The second-order valence-electron chi connectivity index (χ2n) is 7.61. The molecular weight excluding hydrogens is 384 g/mol. The van der Waals surface area contributed by atoms with Gasteiger partial charge in [0, 0.05) is 26.7 Å². The molecule has 1 amide bonds. The monoisotopic (exact) mass is 422 g/mol. The Balaban J connectivity index is 2.33. The van der Waals surface area contributed by atoms with E-state index >= 15 is 0 Å². The molecule has 0 saturated heterocycles. The number of carbonyl (C=O) groups excluding carboxylic acids is 1. The summed E-state index contributed by atoms with van der Waals surface area (Å²) < 4.78 is 16.5. The number of amides is 1. The van der Waals surface area contributed by atoms with Crippen LogP contribution in [0.4, 0.5) is 4.79 Å². The van der Waals surface area contributed by atoms with Gasteiger partial charge in [0.1, 0.15) is 5.60 Å². The second kappa shape index (κ2) is 13.6. The fourth-order valence-corrected chi connectivity index (χ4v) is 2.60. The molecule has 0 heterocycles. The molecule has 0 unspecified atom stereocenters. The molecule has 0 aliphatic rings. The highest BCUT2D eigenvalue weighted by Gasteiger charge is 2.15. The van der Waals surface area contributed by atoms with Crippen LogP contribution < -0.4 is 25.4 Å². The van der Waals surface area contributed by atoms with Gasteiger partial charge in [0.2, 0.25) is 0 Å². The SMILES string of the molecule is CCOc1ccc(CCNC(=NC)NCCCNC(=O)OC(C)(C)C)cc1OCC. The van der Waals surface area contributed by atoms with Gasteiger partial charge < -0.3 is 30.2 Å². The molecule has 0 radical (unpaired) electrons. The van der Waals surface area contributed by atoms with Crippen molar-refractivity contribution >= 4 is 12.1 Å². The predicted molar refractivity (Wildman–Crippen MR) is 121 cm³/mol. The minimum Gasteiger partial charge on any atom is -0.490 e. The Kier molecular flexibility index (Phi) is 11.5. The van der Waals surface area contributed by atoms with E-state index in [2.05, 4.69) is 20.9 Å². The molecule has 0 aliphatic carbocycles. The minimum absolute atomic E-state index is 0.396. The summed E-state index contributed by atoms with van der Waals surface area (Å²) in [5.41, 5.74) is 0.674. The molecule has 0 aromatic heterocycles. The largest absolute Gasteiger partial charge is 0.490 e. The fraction of sp³-hybridized carbons (Fsp3) is 0.636. The molecule has 0 aliphatic heterocycles. The van der Waals surface area contributed by atoms with Crippen LogP contribution in [0.15, 0.2) is 23.2 Å². The lowest BCUT2D eigenvalue weighted by molar-refractivity contribution is 0.0527. The number of carbonyl (C=O) groups is 1. The zero-order valence-corrected chi connectivity index (χ0v) is 19.3. The van der Waals surface area contributed by atoms with Crippen molar-refractivity contribution < 1.29 is 19.0 Å². The van der Waals surface area contributed by atoms with Crippen LogP contribution in [-0.4, -0.2) is 57.5 Å². The van der Waals surface area contributed by atoms with Gasteiger partial charge in [-0.15, -0.1) is 0 Å². The molecule has 0 bridgehead atoms. The van der Waals surface area contributed by atoms with Gasteiger partial charge in [-0.3, -0.25) is 4.99 Å². The third-order valence-electron chi connectivity index (χ3n) is 3.85. The third-order valence-corrected chi connectivity index (χ3v) is 3.85. The molecule has 30 heavy (non-hydrogen) atoms. The maximum absolute atomic E-state index is 11.6. The molecule has 1 aromatic rings. The van der Waals surface area contributed by atoms with Crippen molar-refractivity contribution in [1.82, 2.24) is 16.0 Å². The van der Waals surface area contributed by atoms with E-state index < -0.39 is 11.7 Å². The average molecular weight is 423 g/mol. The zero-order valence-electron chi connectivity index (χ0n) is 19.3. The molecule has 0 atom stereocenters. The molecule has 0 fully saturated rings. The van der Waals surface area contributed by atoms with Crippen molar-refractivity contribution in [3.63, 3.8) is 0 Å². The van der Waals surface area contributed by atoms with E-state index in [4.69, 9.17) is 14.2 Å². The molecule has 1 rings (SSSR count). The van der Waals surface area contributed by atoms with E-state index in [0.29, 0.717) is 26.3 Å². The number of nitrogens with zero attached hydrogens (tertiary/aromatic N) is 1. The molecule has 0 spiro atoms. The number of hydrogen-bond acceptors (Lipinski definition) is 5. The lowest BCUT2D eigenvalue weighted by atomic mass is 10.1. The number of aliphatic imine (C=N–C) groups is 1. The Labute approximate surface area is 180 Å². The minimum atomic E-state index is -0.485. The topological polar surface area (TPSA) is 93.2 Å². The van der Waals surface area contributed by atoms with Gasteiger partial charge >= 0.3 is 6.09 Å². The first kappa shape index (κ1) is 25.4. The van der Waals surface area contributed by atoms with Crippen LogP contribution in [0, 0.1) is 0 Å². The Morgan fingerprint density at radius 2 is 1.60 bits per heavy atom. The summed E-state index contributed by atoms with van der Waals surface area (Å²) >= 11 is 0. The zero-order chi connectivity index (χ0) is 22.4. The standard InChI is InChI=1S/C22H38N4O4/c1-7-28-18-11-10-17(16-19(18)29-8-2)12-15-25-20(23-6)24-13-9-14-26-21(27)30-22(3,4)5/h10-11,16H,7-9,12-15H2,1-6H3,(H,26,27)(H2,23,24,25). The van der Waals surface area contributed by atoms with Crippen LogP contribution in [0.2, 0.25) is 0 Å². The smallest absolute Gasteiger partial charge is 0.407 e. The van der Waals surface area contributed by atoms with E-state index in [9.17, 15) is 4.79 Å². The first-order valence-electron chi connectivity index (χ1n) is 10.6. The van der Waals surface area contributed by atoms with E-state index in [-0.39, 0.29) is 0 Å². The fourth-order valence-electron chi connectivity index (χ4n) is 2.60. The summed E-state index contributed by atoms with van der Waals surface area (Å²) in [6.45, 7) is 12.6. The van der Waals surface area contributed by atoms with Gasteiger partial charge in [-0.05, 0) is 65.2 Å². The highest BCUT2D eigenvalue weighted by atomic mass is 16.6. The van der Waals surface area contributed by atoms with E-state index in [1.165, 1.54) is 0 Å². The van der Waals surface area contributed by atoms with Crippen molar-refractivity contribution in [3.05, 3.63) is 23.8 Å². The molecule has 8 nitrogen and oxygen atoms in total. The lowest BCUT2D eigenvalue weighted by Gasteiger charge is -2.19. The second-order valence-corrected chi connectivity index (χ2v) is 7.61. The first-order chi connectivity index (χ1) is 14.3. The maximum atomic E-state index is 11.6. The molecule has 3 N–H and O–H groups in total. The summed E-state index contributed by atoms with van der Waals surface area (Å²) in [5.74, 6) is 2.27. The van der Waals surface area contributed by atoms with Crippen LogP contribution in [-0.2, 0) is 11.2 Å². The highest BCUT2D eigenvalue weighted by molar-refractivity contribution is 5.79. The van der Waals surface area contributed by atoms with Crippen LogP contribution in [0.25, 0.3) is 0 Å². The van der Waals surface area contributed by atoms with E-state index in [0.717, 1.165) is 42.4 Å². The van der Waals surface area contributed by atoms with Crippen LogP contribution in [0.1, 0.15) is 46.6 Å². The molecule has 170 valence electrons. The molecule has 8 heteroatoms. The summed E-state index contributed by atoms with van der Waals surface area (Å²) in [6.07, 6.45) is 1.19. The normalized spacial score (nSPS) is 11.6. The molecular formula is C22H38N4O4. The number of alkyl carbamates (subject to hydrolysis) is 1. The maximum Gasteiger partial charge on any atom is 0.407 e. The lowest BCUT2D eigenvalue weighted by Crippen LogP contribution is -2.40. The Bertz CT molecular complexity index is 672. The summed E-state index contributed by atoms with van der Waals surface area (Å²) in [7, 11) is 1.73. The van der Waals surface area contributed by atoms with Gasteiger partial charge in [-0.2, -0.15) is 0 Å². The number of hydrogen-bond donors (Lipinski definition) is 3. The van der Waals surface area contributed by atoms with Gasteiger partial charge in [0.05, 0.1) is 13.2 Å². The van der Waals surface area contributed by atoms with Gasteiger partial charge in [0.15, 0.2) is 17.5 Å². The number of guanidine groups is 1. The van der Waals surface area contributed by atoms with Crippen molar-refractivity contribution in [2.75, 3.05) is 39.9 Å². The molecule has 1 aromatic carbocycles. The van der Waals surface area contributed by atoms with Crippen LogP contribution >= 0.6 is 0 Å². The quantitative estimate of drug-likeness (QED) is 0.288. The van der Waals surface area contributed by atoms with Crippen molar-refractivity contribution in [2.24, 2.45) is 4.99 Å². The Morgan fingerprint density at radius 1 is 0.967 bits per heavy atom.